The van der Waals surface area contributed by atoms with Crippen LogP contribution in [0.2, 0.25) is 0 Å². The molecule has 0 unspecified atom stereocenters. The predicted octanol–water partition coefficient (Wildman–Crippen LogP) is 17.2. The van der Waals surface area contributed by atoms with E-state index in [1.807, 2.05) is 0 Å². The maximum Gasteiger partial charge on any atom is 0.306 e. The number of esters is 3. The summed E-state index contributed by atoms with van der Waals surface area (Å²) in [5, 5.41) is 0. The molecular weight excluding hydrogens is 781 g/mol. The monoisotopic (exact) mass is 877 g/mol. The van der Waals surface area contributed by atoms with Gasteiger partial charge in [-0.05, 0) is 96.3 Å². The van der Waals surface area contributed by atoms with Crippen molar-refractivity contribution < 1.29 is 28.6 Å². The van der Waals surface area contributed by atoms with Crippen molar-refractivity contribution in [3.8, 4) is 0 Å². The Bertz CT molecular complexity index is 1240. The standard InChI is InChI=1S/C57H96O6/c1-4-7-10-13-16-19-22-24-26-27-28-29-31-33-36-38-41-44-47-50-56(59)62-53-54(63-57(60)51-48-45-42-39-34-21-18-15-12-9-6-3)52-61-55(58)49-46-43-40-37-35-32-30-25-23-20-17-14-11-8-5-2/h8,11,16-17,19-20,24-26,28-30,33,36,54H,4-7,9-10,12-15,18,21-23,27,31-32,34-35,37-53H2,1-3H3/b11-8-,19-16-,20-17-,26-24-,29-28-,30-25-,36-33-/t54-/m1/s1. The molecule has 0 spiro atoms. The van der Waals surface area contributed by atoms with E-state index in [9.17, 15) is 14.4 Å². The second kappa shape index (κ2) is 51.2. The quantitative estimate of drug-likeness (QED) is 0.0262. The topological polar surface area (TPSA) is 78.9 Å². The third-order valence-electron chi connectivity index (χ3n) is 10.9. The Balaban J connectivity index is 4.43. The lowest BCUT2D eigenvalue weighted by Crippen LogP contribution is -2.30. The SMILES string of the molecule is CC/C=C\C/C=C\C/C=C\CCCCCCCC(=O)OC[C@H](COC(=O)CCCCC/C=C\C/C=C\C/C=C\C/C=C\CCCCC)OC(=O)CCCCCCCCCCCCC. The van der Waals surface area contributed by atoms with Crippen LogP contribution in [0.4, 0.5) is 0 Å². The molecule has 0 aliphatic rings. The molecule has 0 aliphatic heterocycles. The van der Waals surface area contributed by atoms with Gasteiger partial charge in [-0.15, -0.1) is 0 Å². The van der Waals surface area contributed by atoms with Crippen LogP contribution in [0, 0.1) is 0 Å². The van der Waals surface area contributed by atoms with Crippen LogP contribution in [0.3, 0.4) is 0 Å². The molecule has 63 heavy (non-hydrogen) atoms. The molecule has 0 fully saturated rings. The van der Waals surface area contributed by atoms with E-state index in [0.29, 0.717) is 19.3 Å². The number of hydrogen-bond acceptors (Lipinski definition) is 6. The molecule has 0 rings (SSSR count). The van der Waals surface area contributed by atoms with Crippen molar-refractivity contribution in [2.24, 2.45) is 0 Å². The first-order valence-corrected chi connectivity index (χ1v) is 26.1. The number of carbonyl (C=O) groups is 3. The van der Waals surface area contributed by atoms with Gasteiger partial charge in [0.05, 0.1) is 0 Å². The Morgan fingerprint density at radius 1 is 0.333 bits per heavy atom. The highest BCUT2D eigenvalue weighted by molar-refractivity contribution is 5.71. The highest BCUT2D eigenvalue weighted by Crippen LogP contribution is 2.14. The van der Waals surface area contributed by atoms with Crippen LogP contribution in [0.25, 0.3) is 0 Å². The molecule has 6 nitrogen and oxygen atoms in total. The van der Waals surface area contributed by atoms with Gasteiger partial charge in [0, 0.05) is 19.3 Å². The van der Waals surface area contributed by atoms with Crippen LogP contribution in [0.5, 0.6) is 0 Å². The summed E-state index contributed by atoms with van der Waals surface area (Å²) in [6.07, 6.45) is 65.6. The summed E-state index contributed by atoms with van der Waals surface area (Å²) in [4.78, 5) is 38.0. The molecule has 0 bridgehead atoms. The van der Waals surface area contributed by atoms with E-state index in [0.717, 1.165) is 122 Å². The molecule has 0 N–H and O–H groups in total. The highest BCUT2D eigenvalue weighted by atomic mass is 16.6. The van der Waals surface area contributed by atoms with Gasteiger partial charge < -0.3 is 14.2 Å². The van der Waals surface area contributed by atoms with E-state index in [1.54, 1.807) is 0 Å². The van der Waals surface area contributed by atoms with Gasteiger partial charge in [-0.25, -0.2) is 0 Å². The summed E-state index contributed by atoms with van der Waals surface area (Å²) >= 11 is 0. The first kappa shape index (κ1) is 59.6. The summed E-state index contributed by atoms with van der Waals surface area (Å²) in [6, 6.07) is 0. The molecule has 0 aromatic rings. The largest absolute Gasteiger partial charge is 0.462 e. The van der Waals surface area contributed by atoms with Crippen molar-refractivity contribution in [2.45, 2.75) is 245 Å². The lowest BCUT2D eigenvalue weighted by molar-refractivity contribution is -0.167. The third kappa shape index (κ3) is 49.5. The Morgan fingerprint density at radius 2 is 0.619 bits per heavy atom. The van der Waals surface area contributed by atoms with E-state index in [-0.39, 0.29) is 31.1 Å². The first-order chi connectivity index (χ1) is 31.0. The number of carbonyl (C=O) groups excluding carboxylic acids is 3. The van der Waals surface area contributed by atoms with Gasteiger partial charge in [0.2, 0.25) is 0 Å². The third-order valence-corrected chi connectivity index (χ3v) is 10.9. The zero-order chi connectivity index (χ0) is 45.8. The van der Waals surface area contributed by atoms with Crippen molar-refractivity contribution in [2.75, 3.05) is 13.2 Å². The number of unbranched alkanes of at least 4 members (excludes halogenated alkanes) is 21. The minimum atomic E-state index is -0.794. The molecule has 1 atom stereocenters. The van der Waals surface area contributed by atoms with Crippen LogP contribution in [0.15, 0.2) is 85.1 Å². The van der Waals surface area contributed by atoms with Crippen LogP contribution < -0.4 is 0 Å². The molecule has 0 heterocycles. The molecule has 360 valence electrons. The van der Waals surface area contributed by atoms with Gasteiger partial charge in [0.1, 0.15) is 13.2 Å². The second-order valence-electron chi connectivity index (χ2n) is 17.1. The fraction of sp³-hybridized carbons (Fsp3) is 0.702. The zero-order valence-electron chi connectivity index (χ0n) is 41.1. The summed E-state index contributed by atoms with van der Waals surface area (Å²) in [7, 11) is 0. The molecule has 0 aromatic carbocycles. The molecule has 0 amide bonds. The van der Waals surface area contributed by atoms with E-state index in [1.165, 1.54) is 77.0 Å². The fourth-order valence-corrected chi connectivity index (χ4v) is 6.97. The van der Waals surface area contributed by atoms with E-state index in [4.69, 9.17) is 14.2 Å². The number of ether oxygens (including phenoxy) is 3. The van der Waals surface area contributed by atoms with Crippen molar-refractivity contribution in [1.29, 1.82) is 0 Å². The fourth-order valence-electron chi connectivity index (χ4n) is 6.97. The smallest absolute Gasteiger partial charge is 0.306 e. The average Bonchev–Trinajstić information content (AvgIpc) is 3.28. The number of hydrogen-bond donors (Lipinski definition) is 0. The van der Waals surface area contributed by atoms with Gasteiger partial charge in [-0.1, -0.05) is 209 Å². The lowest BCUT2D eigenvalue weighted by Gasteiger charge is -2.18. The molecule has 0 saturated carbocycles. The van der Waals surface area contributed by atoms with Gasteiger partial charge in [-0.2, -0.15) is 0 Å². The number of allylic oxidation sites excluding steroid dienone is 14. The van der Waals surface area contributed by atoms with Gasteiger partial charge in [0.25, 0.3) is 0 Å². The normalized spacial score (nSPS) is 12.7. The highest BCUT2D eigenvalue weighted by Gasteiger charge is 2.19. The first-order valence-electron chi connectivity index (χ1n) is 26.1. The number of rotatable bonds is 46. The van der Waals surface area contributed by atoms with Gasteiger partial charge in [0.15, 0.2) is 6.10 Å². The maximum atomic E-state index is 12.8. The maximum absolute atomic E-state index is 12.8. The Kier molecular flexibility index (Phi) is 48.5. The Morgan fingerprint density at radius 3 is 1.02 bits per heavy atom. The minimum absolute atomic E-state index is 0.0951. The molecule has 0 aromatic heterocycles. The van der Waals surface area contributed by atoms with Crippen LogP contribution in [-0.2, 0) is 28.6 Å². The average molecular weight is 877 g/mol. The van der Waals surface area contributed by atoms with E-state index in [2.05, 4.69) is 106 Å². The van der Waals surface area contributed by atoms with Crippen LogP contribution in [-0.4, -0.2) is 37.2 Å². The minimum Gasteiger partial charge on any atom is -0.462 e. The van der Waals surface area contributed by atoms with E-state index < -0.39 is 6.10 Å². The van der Waals surface area contributed by atoms with Crippen LogP contribution in [0.1, 0.15) is 239 Å². The molecule has 0 aliphatic carbocycles. The molecule has 6 heteroatoms. The van der Waals surface area contributed by atoms with Crippen LogP contribution >= 0.6 is 0 Å². The Labute approximate surface area is 388 Å². The summed E-state index contributed by atoms with van der Waals surface area (Å²) in [5.74, 6) is -0.942. The van der Waals surface area contributed by atoms with Crippen molar-refractivity contribution in [3.63, 3.8) is 0 Å². The molecule has 0 saturated heterocycles. The van der Waals surface area contributed by atoms with Crippen molar-refractivity contribution >= 4 is 17.9 Å². The molecular formula is C57H96O6. The Hall–Kier alpha value is -3.41. The molecule has 0 radical (unpaired) electrons. The van der Waals surface area contributed by atoms with Crippen molar-refractivity contribution in [1.82, 2.24) is 0 Å². The second-order valence-corrected chi connectivity index (χ2v) is 17.1. The van der Waals surface area contributed by atoms with Crippen molar-refractivity contribution in [3.05, 3.63) is 85.1 Å². The summed E-state index contributed by atoms with van der Waals surface area (Å²) in [5.41, 5.74) is 0. The lowest BCUT2D eigenvalue weighted by atomic mass is 10.1. The summed E-state index contributed by atoms with van der Waals surface area (Å²) < 4.78 is 16.8. The summed E-state index contributed by atoms with van der Waals surface area (Å²) in [6.45, 7) is 6.44. The van der Waals surface area contributed by atoms with E-state index >= 15 is 0 Å². The zero-order valence-corrected chi connectivity index (χ0v) is 41.1. The van der Waals surface area contributed by atoms with Gasteiger partial charge >= 0.3 is 17.9 Å². The predicted molar refractivity (Wildman–Crippen MR) is 270 cm³/mol. The van der Waals surface area contributed by atoms with Gasteiger partial charge in [-0.3, -0.25) is 14.4 Å².